The summed E-state index contributed by atoms with van der Waals surface area (Å²) in [4.78, 5) is 35.9. The number of aromatic hydroxyl groups is 1. The number of anilines is 1. The van der Waals surface area contributed by atoms with Crippen molar-refractivity contribution in [2.24, 2.45) is 0 Å². The number of nitrogens with one attached hydrogen (secondary N) is 1. The molecule has 1 amide bonds. The van der Waals surface area contributed by atoms with Gasteiger partial charge in [-0.2, -0.15) is 0 Å². The molecule has 2 aromatic carbocycles. The predicted octanol–water partition coefficient (Wildman–Crippen LogP) is 3.09. The SMILES string of the molecule is CC(=O)c1ccccc1NC(=O)[C@@H](C)OC(=O)c1ccc(C)c(O)c1. The number of phenols is 1. The van der Waals surface area contributed by atoms with Gasteiger partial charge >= 0.3 is 5.97 Å². The summed E-state index contributed by atoms with van der Waals surface area (Å²) >= 11 is 0. The Morgan fingerprint density at radius 2 is 1.80 bits per heavy atom. The highest BCUT2D eigenvalue weighted by molar-refractivity contribution is 6.05. The van der Waals surface area contributed by atoms with E-state index in [1.807, 2.05) is 0 Å². The fraction of sp³-hybridized carbons (Fsp3) is 0.211. The number of hydrogen-bond donors (Lipinski definition) is 2. The highest BCUT2D eigenvalue weighted by Gasteiger charge is 2.20. The summed E-state index contributed by atoms with van der Waals surface area (Å²) in [6.07, 6.45) is -1.07. The number of hydrogen-bond acceptors (Lipinski definition) is 5. The summed E-state index contributed by atoms with van der Waals surface area (Å²) < 4.78 is 5.12. The molecule has 0 unspecified atom stereocenters. The molecule has 1 atom stereocenters. The summed E-state index contributed by atoms with van der Waals surface area (Å²) in [6, 6.07) is 11.0. The maximum atomic E-state index is 12.2. The highest BCUT2D eigenvalue weighted by atomic mass is 16.5. The lowest BCUT2D eigenvalue weighted by atomic mass is 10.1. The van der Waals surface area contributed by atoms with Gasteiger partial charge in [-0.3, -0.25) is 9.59 Å². The molecule has 25 heavy (non-hydrogen) atoms. The van der Waals surface area contributed by atoms with Crippen LogP contribution in [0.4, 0.5) is 5.69 Å². The molecule has 0 saturated carbocycles. The van der Waals surface area contributed by atoms with Gasteiger partial charge in [-0.05, 0) is 50.6 Å². The van der Waals surface area contributed by atoms with Gasteiger partial charge in [-0.15, -0.1) is 0 Å². The van der Waals surface area contributed by atoms with Gasteiger partial charge in [0.15, 0.2) is 11.9 Å². The van der Waals surface area contributed by atoms with Crippen LogP contribution < -0.4 is 5.32 Å². The van der Waals surface area contributed by atoms with Crippen molar-refractivity contribution in [1.29, 1.82) is 0 Å². The molecule has 2 N–H and O–H groups in total. The smallest absolute Gasteiger partial charge is 0.339 e. The first kappa shape index (κ1) is 18.2. The number of ether oxygens (including phenoxy) is 1. The van der Waals surface area contributed by atoms with E-state index in [1.165, 1.54) is 26.0 Å². The van der Waals surface area contributed by atoms with Crippen LogP contribution in [0.5, 0.6) is 5.75 Å². The highest BCUT2D eigenvalue weighted by Crippen LogP contribution is 2.19. The third-order valence-corrected chi connectivity index (χ3v) is 3.66. The Balaban J connectivity index is 2.06. The van der Waals surface area contributed by atoms with Gasteiger partial charge in [-0.1, -0.05) is 18.2 Å². The molecule has 130 valence electrons. The van der Waals surface area contributed by atoms with Crippen molar-refractivity contribution in [3.05, 3.63) is 59.2 Å². The summed E-state index contributed by atoms with van der Waals surface area (Å²) in [7, 11) is 0. The number of rotatable bonds is 5. The van der Waals surface area contributed by atoms with Crippen molar-refractivity contribution in [3.8, 4) is 5.75 Å². The Bertz CT molecular complexity index is 828. The molecule has 0 radical (unpaired) electrons. The third kappa shape index (κ3) is 4.44. The minimum atomic E-state index is -1.07. The molecule has 0 aliphatic carbocycles. The second-order valence-electron chi connectivity index (χ2n) is 5.64. The van der Waals surface area contributed by atoms with Gasteiger partial charge in [0.1, 0.15) is 5.75 Å². The van der Waals surface area contributed by atoms with Crippen molar-refractivity contribution in [1.82, 2.24) is 0 Å². The number of Topliss-reactive ketones (excluding diaryl/α,β-unsaturated/α-hetero) is 1. The van der Waals surface area contributed by atoms with E-state index in [1.54, 1.807) is 37.3 Å². The minimum Gasteiger partial charge on any atom is -0.508 e. The van der Waals surface area contributed by atoms with Crippen LogP contribution in [0.1, 0.15) is 40.1 Å². The van der Waals surface area contributed by atoms with Crippen molar-refractivity contribution < 1.29 is 24.2 Å². The molecular weight excluding hydrogens is 322 g/mol. The predicted molar refractivity (Wildman–Crippen MR) is 92.8 cm³/mol. The summed E-state index contributed by atoms with van der Waals surface area (Å²) in [6.45, 7) is 4.53. The topological polar surface area (TPSA) is 92.7 Å². The molecular formula is C19H19NO5. The zero-order chi connectivity index (χ0) is 18.6. The zero-order valence-electron chi connectivity index (χ0n) is 14.2. The lowest BCUT2D eigenvalue weighted by molar-refractivity contribution is -0.123. The molecule has 0 aliphatic heterocycles. The van der Waals surface area contributed by atoms with Gasteiger partial charge < -0.3 is 15.2 Å². The van der Waals surface area contributed by atoms with Gasteiger partial charge in [-0.25, -0.2) is 4.79 Å². The van der Waals surface area contributed by atoms with E-state index < -0.39 is 18.0 Å². The van der Waals surface area contributed by atoms with Crippen LogP contribution in [0.25, 0.3) is 0 Å². The minimum absolute atomic E-state index is 0.0260. The van der Waals surface area contributed by atoms with Crippen molar-refractivity contribution in [2.75, 3.05) is 5.32 Å². The molecule has 0 aromatic heterocycles. The van der Waals surface area contributed by atoms with Crippen molar-refractivity contribution >= 4 is 23.3 Å². The average molecular weight is 341 g/mol. The molecule has 6 nitrogen and oxygen atoms in total. The number of aryl methyl sites for hydroxylation is 1. The van der Waals surface area contributed by atoms with Crippen LogP contribution in [0, 0.1) is 6.92 Å². The second-order valence-corrected chi connectivity index (χ2v) is 5.64. The first-order valence-corrected chi connectivity index (χ1v) is 7.71. The van der Waals surface area contributed by atoms with Crippen LogP contribution in [-0.4, -0.2) is 28.9 Å². The summed E-state index contributed by atoms with van der Waals surface area (Å²) in [5.74, 6) is -1.49. The number of ketones is 1. The number of amides is 1. The molecule has 2 rings (SSSR count). The number of carbonyl (C=O) groups excluding carboxylic acids is 3. The maximum absolute atomic E-state index is 12.2. The van der Waals surface area contributed by atoms with Gasteiger partial charge in [0.05, 0.1) is 11.3 Å². The van der Waals surface area contributed by atoms with Gasteiger partial charge in [0.2, 0.25) is 0 Å². The lowest BCUT2D eigenvalue weighted by Crippen LogP contribution is -2.30. The quantitative estimate of drug-likeness (QED) is 0.644. The summed E-state index contributed by atoms with van der Waals surface area (Å²) in [5, 5.41) is 12.2. The number of para-hydroxylation sites is 1. The van der Waals surface area contributed by atoms with Crippen LogP contribution >= 0.6 is 0 Å². The number of esters is 1. The van der Waals surface area contributed by atoms with Crippen LogP contribution in [0.3, 0.4) is 0 Å². The summed E-state index contributed by atoms with van der Waals surface area (Å²) in [5.41, 5.74) is 1.50. The average Bonchev–Trinajstić information content (AvgIpc) is 2.57. The Morgan fingerprint density at radius 1 is 1.12 bits per heavy atom. The molecule has 0 spiro atoms. The van der Waals surface area contributed by atoms with Crippen LogP contribution in [-0.2, 0) is 9.53 Å². The van der Waals surface area contributed by atoms with E-state index in [-0.39, 0.29) is 17.1 Å². The fourth-order valence-corrected chi connectivity index (χ4v) is 2.15. The zero-order valence-corrected chi connectivity index (χ0v) is 14.2. The Labute approximate surface area is 145 Å². The number of carbonyl (C=O) groups is 3. The third-order valence-electron chi connectivity index (χ3n) is 3.66. The largest absolute Gasteiger partial charge is 0.508 e. The normalized spacial score (nSPS) is 11.5. The van der Waals surface area contributed by atoms with E-state index >= 15 is 0 Å². The van der Waals surface area contributed by atoms with Crippen molar-refractivity contribution in [3.63, 3.8) is 0 Å². The van der Waals surface area contributed by atoms with Gasteiger partial charge in [0.25, 0.3) is 5.91 Å². The first-order chi connectivity index (χ1) is 11.8. The molecule has 6 heteroatoms. The molecule has 0 bridgehead atoms. The Kier molecular flexibility index (Phi) is 5.54. The maximum Gasteiger partial charge on any atom is 0.339 e. The first-order valence-electron chi connectivity index (χ1n) is 7.71. The van der Waals surface area contributed by atoms with Crippen LogP contribution in [0.2, 0.25) is 0 Å². The Morgan fingerprint density at radius 3 is 2.44 bits per heavy atom. The monoisotopic (exact) mass is 341 g/mol. The second kappa shape index (κ2) is 7.61. The van der Waals surface area contributed by atoms with E-state index in [9.17, 15) is 19.5 Å². The van der Waals surface area contributed by atoms with E-state index in [4.69, 9.17) is 4.74 Å². The van der Waals surface area contributed by atoms with Crippen LogP contribution in [0.15, 0.2) is 42.5 Å². The van der Waals surface area contributed by atoms with E-state index in [0.717, 1.165) is 0 Å². The van der Waals surface area contributed by atoms with E-state index in [2.05, 4.69) is 5.32 Å². The molecule has 0 saturated heterocycles. The van der Waals surface area contributed by atoms with Gasteiger partial charge in [0, 0.05) is 5.56 Å². The standard InChI is InChI=1S/C19H19NO5/c1-11-8-9-14(10-17(11)22)19(24)25-13(3)18(23)20-16-7-5-4-6-15(16)12(2)21/h4-10,13,22H,1-3H3,(H,20,23)/t13-/m1/s1. The lowest BCUT2D eigenvalue weighted by Gasteiger charge is -2.15. The molecule has 0 aliphatic rings. The molecule has 2 aromatic rings. The fourth-order valence-electron chi connectivity index (χ4n) is 2.15. The number of phenolic OH excluding ortho intramolecular Hbond substituents is 1. The van der Waals surface area contributed by atoms with Crippen molar-refractivity contribution in [2.45, 2.75) is 26.9 Å². The Hall–Kier alpha value is -3.15. The van der Waals surface area contributed by atoms with E-state index in [0.29, 0.717) is 16.8 Å². The molecule has 0 fully saturated rings. The number of benzene rings is 2. The molecule has 0 heterocycles.